The standard InChI is InChI=1S/C24H32N2O4/c1-6-12-26-17(4)13-20(18(26)5)21(27)15-30-24(29)23(16(2)3)25-22(28)14-19-10-8-7-9-11-19/h7-11,13,16,23H,6,12,14-15H2,1-5H3,(H,25,28)/t23-/m0/s1. The van der Waals surface area contributed by atoms with Crippen molar-refractivity contribution in [1.29, 1.82) is 0 Å². The molecular formula is C24H32N2O4. The fourth-order valence-corrected chi connectivity index (χ4v) is 3.46. The molecule has 2 rings (SSSR count). The second-order valence-corrected chi connectivity index (χ2v) is 7.92. The first kappa shape index (κ1) is 23.4. The van der Waals surface area contributed by atoms with E-state index < -0.39 is 12.0 Å². The number of ether oxygens (including phenoxy) is 1. The normalized spacial score (nSPS) is 11.9. The molecule has 6 heteroatoms. The summed E-state index contributed by atoms with van der Waals surface area (Å²) in [6.07, 6.45) is 1.15. The second kappa shape index (κ2) is 10.8. The van der Waals surface area contributed by atoms with Gasteiger partial charge in [-0.25, -0.2) is 4.79 Å². The van der Waals surface area contributed by atoms with Gasteiger partial charge in [0.1, 0.15) is 6.04 Å². The number of aryl methyl sites for hydroxylation is 1. The number of nitrogens with zero attached hydrogens (tertiary/aromatic N) is 1. The maximum Gasteiger partial charge on any atom is 0.329 e. The van der Waals surface area contributed by atoms with Crippen LogP contribution in [-0.2, 0) is 27.3 Å². The Hall–Kier alpha value is -2.89. The highest BCUT2D eigenvalue weighted by atomic mass is 16.5. The molecule has 0 unspecified atom stereocenters. The number of hydrogen-bond acceptors (Lipinski definition) is 4. The highest BCUT2D eigenvalue weighted by Gasteiger charge is 2.27. The van der Waals surface area contributed by atoms with Crippen molar-refractivity contribution in [3.63, 3.8) is 0 Å². The van der Waals surface area contributed by atoms with E-state index in [4.69, 9.17) is 4.74 Å². The molecule has 0 saturated carbocycles. The van der Waals surface area contributed by atoms with Crippen LogP contribution in [0.5, 0.6) is 0 Å². The van der Waals surface area contributed by atoms with E-state index in [1.165, 1.54) is 0 Å². The number of rotatable bonds is 10. The summed E-state index contributed by atoms with van der Waals surface area (Å²) in [5.41, 5.74) is 3.33. The van der Waals surface area contributed by atoms with Gasteiger partial charge >= 0.3 is 5.97 Å². The number of amides is 1. The molecule has 1 aromatic carbocycles. The fraction of sp³-hybridized carbons (Fsp3) is 0.458. The molecule has 0 fully saturated rings. The highest BCUT2D eigenvalue weighted by Crippen LogP contribution is 2.17. The summed E-state index contributed by atoms with van der Waals surface area (Å²) < 4.78 is 7.38. The lowest BCUT2D eigenvalue weighted by atomic mass is 10.0. The average molecular weight is 413 g/mol. The van der Waals surface area contributed by atoms with Gasteiger partial charge in [0.2, 0.25) is 11.7 Å². The molecule has 2 aromatic rings. The Balaban J connectivity index is 1.97. The summed E-state index contributed by atoms with van der Waals surface area (Å²) in [6, 6.07) is 10.3. The van der Waals surface area contributed by atoms with E-state index in [-0.39, 0.29) is 30.6 Å². The predicted molar refractivity (Wildman–Crippen MR) is 116 cm³/mol. The first-order valence-corrected chi connectivity index (χ1v) is 10.4. The van der Waals surface area contributed by atoms with Crippen molar-refractivity contribution in [3.05, 3.63) is 58.9 Å². The summed E-state index contributed by atoms with van der Waals surface area (Å²) in [4.78, 5) is 37.5. The van der Waals surface area contributed by atoms with Crippen molar-refractivity contribution in [3.8, 4) is 0 Å². The number of nitrogens with one attached hydrogen (secondary N) is 1. The first-order valence-electron chi connectivity index (χ1n) is 10.4. The van der Waals surface area contributed by atoms with Gasteiger partial charge in [-0.1, -0.05) is 51.1 Å². The van der Waals surface area contributed by atoms with E-state index in [0.29, 0.717) is 5.56 Å². The minimum Gasteiger partial charge on any atom is -0.456 e. The van der Waals surface area contributed by atoms with Gasteiger partial charge < -0.3 is 14.6 Å². The van der Waals surface area contributed by atoms with Crippen LogP contribution in [-0.4, -0.2) is 34.9 Å². The van der Waals surface area contributed by atoms with Gasteiger partial charge in [-0.3, -0.25) is 9.59 Å². The number of esters is 1. The van der Waals surface area contributed by atoms with Crippen molar-refractivity contribution in [2.45, 2.75) is 60.0 Å². The summed E-state index contributed by atoms with van der Waals surface area (Å²) in [6.45, 7) is 10.1. The Morgan fingerprint density at radius 3 is 2.37 bits per heavy atom. The van der Waals surface area contributed by atoms with Crippen LogP contribution in [0.4, 0.5) is 0 Å². The number of benzene rings is 1. The zero-order chi connectivity index (χ0) is 22.3. The molecular weight excluding hydrogens is 380 g/mol. The molecule has 30 heavy (non-hydrogen) atoms. The number of carbonyl (C=O) groups excluding carboxylic acids is 3. The lowest BCUT2D eigenvalue weighted by Gasteiger charge is -2.20. The Kier molecular flexibility index (Phi) is 8.39. The van der Waals surface area contributed by atoms with Crippen LogP contribution < -0.4 is 5.32 Å². The Bertz CT molecular complexity index is 884. The molecule has 1 atom stereocenters. The van der Waals surface area contributed by atoms with Crippen LogP contribution in [0.1, 0.15) is 54.5 Å². The zero-order valence-corrected chi connectivity index (χ0v) is 18.5. The quantitative estimate of drug-likeness (QED) is 0.478. The third kappa shape index (κ3) is 6.05. The maximum absolute atomic E-state index is 12.6. The van der Waals surface area contributed by atoms with Crippen molar-refractivity contribution < 1.29 is 19.1 Å². The second-order valence-electron chi connectivity index (χ2n) is 7.92. The zero-order valence-electron chi connectivity index (χ0n) is 18.5. The monoisotopic (exact) mass is 412 g/mol. The van der Waals surface area contributed by atoms with E-state index in [9.17, 15) is 14.4 Å². The predicted octanol–water partition coefficient (Wildman–Crippen LogP) is 3.62. The van der Waals surface area contributed by atoms with Crippen LogP contribution in [0, 0.1) is 19.8 Å². The number of carbonyl (C=O) groups is 3. The summed E-state index contributed by atoms with van der Waals surface area (Å²) in [5.74, 6) is -1.26. The molecule has 0 spiro atoms. The number of aromatic nitrogens is 1. The van der Waals surface area contributed by atoms with E-state index in [0.717, 1.165) is 29.9 Å². The van der Waals surface area contributed by atoms with Gasteiger partial charge in [0.25, 0.3) is 0 Å². The van der Waals surface area contributed by atoms with Gasteiger partial charge in [-0.05, 0) is 37.8 Å². The molecule has 0 radical (unpaired) electrons. The minimum atomic E-state index is -0.804. The van der Waals surface area contributed by atoms with Crippen molar-refractivity contribution >= 4 is 17.7 Å². The van der Waals surface area contributed by atoms with Gasteiger partial charge in [0.15, 0.2) is 6.61 Å². The molecule has 1 heterocycles. The highest BCUT2D eigenvalue weighted by molar-refractivity contribution is 5.99. The van der Waals surface area contributed by atoms with E-state index >= 15 is 0 Å². The van der Waals surface area contributed by atoms with Crippen LogP contribution in [0.3, 0.4) is 0 Å². The van der Waals surface area contributed by atoms with E-state index in [2.05, 4.69) is 16.8 Å². The number of ketones is 1. The van der Waals surface area contributed by atoms with Crippen molar-refractivity contribution in [2.75, 3.05) is 6.61 Å². The van der Waals surface area contributed by atoms with Crippen molar-refractivity contribution in [1.82, 2.24) is 9.88 Å². The summed E-state index contributed by atoms with van der Waals surface area (Å²) in [7, 11) is 0. The Morgan fingerprint density at radius 1 is 1.10 bits per heavy atom. The molecule has 0 aliphatic heterocycles. The van der Waals surface area contributed by atoms with Crippen molar-refractivity contribution in [2.24, 2.45) is 5.92 Å². The molecule has 0 bridgehead atoms. The minimum absolute atomic E-state index is 0.165. The fourth-order valence-electron chi connectivity index (χ4n) is 3.46. The molecule has 162 valence electrons. The molecule has 1 N–H and O–H groups in total. The summed E-state index contributed by atoms with van der Waals surface area (Å²) in [5, 5.41) is 2.74. The molecule has 0 saturated heterocycles. The van der Waals surface area contributed by atoms with Gasteiger partial charge in [-0.15, -0.1) is 0 Å². The Morgan fingerprint density at radius 2 is 1.77 bits per heavy atom. The average Bonchev–Trinajstić information content (AvgIpc) is 2.99. The third-order valence-electron chi connectivity index (χ3n) is 5.11. The van der Waals surface area contributed by atoms with E-state index in [1.807, 2.05) is 64.1 Å². The lowest BCUT2D eigenvalue weighted by molar-refractivity contribution is -0.148. The van der Waals surface area contributed by atoms with Gasteiger partial charge in [0, 0.05) is 23.5 Å². The smallest absolute Gasteiger partial charge is 0.329 e. The van der Waals surface area contributed by atoms with Crippen LogP contribution >= 0.6 is 0 Å². The van der Waals surface area contributed by atoms with Crippen LogP contribution in [0.15, 0.2) is 36.4 Å². The molecule has 1 aromatic heterocycles. The molecule has 1 amide bonds. The lowest BCUT2D eigenvalue weighted by Crippen LogP contribution is -2.46. The SMILES string of the molecule is CCCn1c(C)cc(C(=O)COC(=O)[C@@H](NC(=O)Cc2ccccc2)C(C)C)c1C. The number of Topliss-reactive ketones (excluding diaryl/α,β-unsaturated/α-hetero) is 1. The first-order chi connectivity index (χ1) is 14.2. The summed E-state index contributed by atoms with van der Waals surface area (Å²) >= 11 is 0. The van der Waals surface area contributed by atoms with Crippen LogP contribution in [0.2, 0.25) is 0 Å². The Labute approximate surface area is 178 Å². The largest absolute Gasteiger partial charge is 0.456 e. The van der Waals surface area contributed by atoms with Crippen LogP contribution in [0.25, 0.3) is 0 Å². The third-order valence-corrected chi connectivity index (χ3v) is 5.11. The molecule has 0 aliphatic rings. The molecule has 6 nitrogen and oxygen atoms in total. The van der Waals surface area contributed by atoms with E-state index in [1.54, 1.807) is 0 Å². The number of hydrogen-bond donors (Lipinski definition) is 1. The topological polar surface area (TPSA) is 77.4 Å². The maximum atomic E-state index is 12.6. The molecule has 0 aliphatic carbocycles. The van der Waals surface area contributed by atoms with Gasteiger partial charge in [-0.2, -0.15) is 0 Å². The van der Waals surface area contributed by atoms with Gasteiger partial charge in [0.05, 0.1) is 6.42 Å².